The molecule has 132 valence electrons. The number of ether oxygens (including phenoxy) is 2. The number of aromatic nitrogens is 1. The molecule has 3 rings (SSSR count). The number of nitrogen functional groups attached to an aromatic ring is 1. The van der Waals surface area contributed by atoms with Crippen LogP contribution in [0.4, 0.5) is 11.5 Å². The van der Waals surface area contributed by atoms with E-state index in [2.05, 4.69) is 10.3 Å². The fraction of sp³-hybridized carbons (Fsp3) is 0.100. The van der Waals surface area contributed by atoms with Crippen molar-refractivity contribution >= 4 is 17.9 Å². The molecular weight excluding hydrogens is 330 g/mol. The van der Waals surface area contributed by atoms with E-state index in [0.29, 0.717) is 29.4 Å². The molecule has 0 aliphatic carbocycles. The van der Waals surface area contributed by atoms with Crippen LogP contribution in [-0.2, 0) is 4.79 Å². The van der Waals surface area contributed by atoms with E-state index in [1.165, 1.54) is 0 Å². The van der Waals surface area contributed by atoms with Gasteiger partial charge in [-0.3, -0.25) is 4.79 Å². The van der Waals surface area contributed by atoms with Gasteiger partial charge in [0.15, 0.2) is 11.5 Å². The second-order valence-electron chi connectivity index (χ2n) is 5.57. The summed E-state index contributed by atoms with van der Waals surface area (Å²) in [5.74, 6) is 1.75. The zero-order valence-electron chi connectivity index (χ0n) is 14.5. The number of pyridine rings is 1. The van der Waals surface area contributed by atoms with Gasteiger partial charge >= 0.3 is 0 Å². The summed E-state index contributed by atoms with van der Waals surface area (Å²) in [5.41, 5.74) is 10.4. The molecule has 0 fully saturated rings. The summed E-state index contributed by atoms with van der Waals surface area (Å²) in [6.07, 6.45) is 2.37. The summed E-state index contributed by atoms with van der Waals surface area (Å²) in [5, 5.41) is 2.61. The van der Waals surface area contributed by atoms with Gasteiger partial charge in [0.1, 0.15) is 5.82 Å². The number of rotatable bonds is 6. The van der Waals surface area contributed by atoms with Crippen LogP contribution < -0.4 is 20.5 Å². The number of nitrogens with zero attached hydrogens (tertiary/aromatic N) is 1. The van der Waals surface area contributed by atoms with Crippen molar-refractivity contribution in [2.24, 2.45) is 0 Å². The Morgan fingerprint density at radius 1 is 0.923 bits per heavy atom. The predicted molar refractivity (Wildman–Crippen MR) is 102 cm³/mol. The Balaban J connectivity index is 2.01. The SMILES string of the molecule is COc1ccc(-c2cnc(N)c(-c3ccc(NC=O)cc3)c2)cc1OC. The van der Waals surface area contributed by atoms with Crippen LogP contribution in [0.25, 0.3) is 22.3 Å². The normalized spacial score (nSPS) is 10.2. The second kappa shape index (κ2) is 7.57. The molecule has 1 heterocycles. The summed E-state index contributed by atoms with van der Waals surface area (Å²) in [6, 6.07) is 15.1. The number of hydrogen-bond donors (Lipinski definition) is 2. The molecule has 0 unspecified atom stereocenters. The first-order valence-electron chi connectivity index (χ1n) is 7.95. The third kappa shape index (κ3) is 3.44. The Hall–Kier alpha value is -3.54. The van der Waals surface area contributed by atoms with Crippen molar-refractivity contribution in [3.8, 4) is 33.8 Å². The molecule has 0 saturated carbocycles. The van der Waals surface area contributed by atoms with E-state index in [1.54, 1.807) is 20.4 Å². The van der Waals surface area contributed by atoms with Gasteiger partial charge in [0, 0.05) is 23.0 Å². The number of nitrogens with two attached hydrogens (primary N) is 1. The Bertz CT molecular complexity index is 924. The second-order valence-corrected chi connectivity index (χ2v) is 5.57. The highest BCUT2D eigenvalue weighted by Crippen LogP contribution is 2.35. The van der Waals surface area contributed by atoms with Gasteiger partial charge in [-0.25, -0.2) is 4.98 Å². The van der Waals surface area contributed by atoms with Gasteiger partial charge in [0.05, 0.1) is 14.2 Å². The molecule has 6 nitrogen and oxygen atoms in total. The van der Waals surface area contributed by atoms with E-state index in [1.807, 2.05) is 48.5 Å². The summed E-state index contributed by atoms with van der Waals surface area (Å²) in [6.45, 7) is 0. The van der Waals surface area contributed by atoms with Gasteiger partial charge in [-0.15, -0.1) is 0 Å². The fourth-order valence-electron chi connectivity index (χ4n) is 2.69. The number of benzene rings is 2. The summed E-state index contributed by atoms with van der Waals surface area (Å²) < 4.78 is 10.6. The van der Waals surface area contributed by atoms with Crippen LogP contribution in [0.5, 0.6) is 11.5 Å². The summed E-state index contributed by atoms with van der Waals surface area (Å²) in [4.78, 5) is 14.8. The van der Waals surface area contributed by atoms with Crippen LogP contribution in [0.2, 0.25) is 0 Å². The van der Waals surface area contributed by atoms with Crippen molar-refractivity contribution in [2.45, 2.75) is 0 Å². The number of nitrogens with one attached hydrogen (secondary N) is 1. The van der Waals surface area contributed by atoms with E-state index in [0.717, 1.165) is 22.3 Å². The molecule has 0 atom stereocenters. The van der Waals surface area contributed by atoms with Crippen molar-refractivity contribution < 1.29 is 14.3 Å². The highest BCUT2D eigenvalue weighted by molar-refractivity contribution is 5.81. The average Bonchev–Trinajstić information content (AvgIpc) is 2.69. The van der Waals surface area contributed by atoms with Gasteiger partial charge in [-0.05, 0) is 41.5 Å². The lowest BCUT2D eigenvalue weighted by atomic mass is 10.0. The molecule has 0 aliphatic rings. The highest BCUT2D eigenvalue weighted by atomic mass is 16.5. The molecule has 0 aliphatic heterocycles. The number of amides is 1. The van der Waals surface area contributed by atoms with Crippen LogP contribution in [0.3, 0.4) is 0 Å². The molecule has 1 aromatic heterocycles. The Morgan fingerprint density at radius 3 is 2.27 bits per heavy atom. The third-order valence-electron chi connectivity index (χ3n) is 4.06. The molecule has 26 heavy (non-hydrogen) atoms. The standard InChI is InChI=1S/C20H19N3O3/c1-25-18-8-5-14(10-19(18)26-2)15-9-17(20(21)22-11-15)13-3-6-16(7-4-13)23-12-24/h3-12H,1-2H3,(H2,21,22)(H,23,24). The maximum atomic E-state index is 10.5. The van der Waals surface area contributed by atoms with E-state index >= 15 is 0 Å². The molecule has 0 bridgehead atoms. The first kappa shape index (κ1) is 17.3. The summed E-state index contributed by atoms with van der Waals surface area (Å²) in [7, 11) is 3.20. The molecule has 0 spiro atoms. The van der Waals surface area contributed by atoms with Gasteiger partial charge in [0.2, 0.25) is 6.41 Å². The maximum absolute atomic E-state index is 10.5. The first-order valence-corrected chi connectivity index (χ1v) is 7.95. The monoisotopic (exact) mass is 349 g/mol. The van der Waals surface area contributed by atoms with Crippen LogP contribution >= 0.6 is 0 Å². The molecule has 0 radical (unpaired) electrons. The number of hydrogen-bond acceptors (Lipinski definition) is 5. The average molecular weight is 349 g/mol. The molecule has 3 N–H and O–H groups in total. The van der Waals surface area contributed by atoms with Crippen molar-refractivity contribution in [1.29, 1.82) is 0 Å². The molecule has 1 amide bonds. The zero-order valence-corrected chi connectivity index (χ0v) is 14.5. The van der Waals surface area contributed by atoms with Gasteiger partial charge in [-0.1, -0.05) is 18.2 Å². The molecular formula is C20H19N3O3. The van der Waals surface area contributed by atoms with Gasteiger partial charge in [-0.2, -0.15) is 0 Å². The molecule has 2 aromatic carbocycles. The Kier molecular flexibility index (Phi) is 5.03. The lowest BCUT2D eigenvalue weighted by Gasteiger charge is -2.12. The van der Waals surface area contributed by atoms with Crippen LogP contribution in [-0.4, -0.2) is 25.6 Å². The predicted octanol–water partition coefficient (Wildman–Crippen LogP) is 3.58. The topological polar surface area (TPSA) is 86.5 Å². The van der Waals surface area contributed by atoms with E-state index in [-0.39, 0.29) is 0 Å². The van der Waals surface area contributed by atoms with Gasteiger partial charge < -0.3 is 20.5 Å². The van der Waals surface area contributed by atoms with Gasteiger partial charge in [0.25, 0.3) is 0 Å². The van der Waals surface area contributed by atoms with Crippen molar-refractivity contribution in [1.82, 2.24) is 4.98 Å². The number of anilines is 2. The van der Waals surface area contributed by atoms with Crippen molar-refractivity contribution in [3.63, 3.8) is 0 Å². The molecule has 6 heteroatoms. The largest absolute Gasteiger partial charge is 0.493 e. The lowest BCUT2D eigenvalue weighted by Crippen LogP contribution is -1.97. The Labute approximate surface area is 151 Å². The zero-order chi connectivity index (χ0) is 18.5. The van der Waals surface area contributed by atoms with Crippen LogP contribution in [0.1, 0.15) is 0 Å². The van der Waals surface area contributed by atoms with Crippen molar-refractivity contribution in [3.05, 3.63) is 54.7 Å². The minimum atomic E-state index is 0.435. The number of carbonyl (C=O) groups is 1. The minimum absolute atomic E-state index is 0.435. The Morgan fingerprint density at radius 2 is 1.62 bits per heavy atom. The lowest BCUT2D eigenvalue weighted by molar-refractivity contribution is -0.105. The quantitative estimate of drug-likeness (QED) is 0.664. The first-order chi connectivity index (χ1) is 12.7. The van der Waals surface area contributed by atoms with Crippen LogP contribution in [0, 0.1) is 0 Å². The minimum Gasteiger partial charge on any atom is -0.493 e. The smallest absolute Gasteiger partial charge is 0.211 e. The summed E-state index contributed by atoms with van der Waals surface area (Å²) >= 11 is 0. The third-order valence-corrected chi connectivity index (χ3v) is 4.06. The highest BCUT2D eigenvalue weighted by Gasteiger charge is 2.10. The van der Waals surface area contributed by atoms with E-state index in [9.17, 15) is 4.79 Å². The molecule has 3 aromatic rings. The maximum Gasteiger partial charge on any atom is 0.211 e. The number of methoxy groups -OCH3 is 2. The fourth-order valence-corrected chi connectivity index (χ4v) is 2.69. The van der Waals surface area contributed by atoms with E-state index in [4.69, 9.17) is 15.2 Å². The molecule has 0 saturated heterocycles. The van der Waals surface area contributed by atoms with E-state index < -0.39 is 0 Å². The van der Waals surface area contributed by atoms with Crippen molar-refractivity contribution in [2.75, 3.05) is 25.3 Å². The van der Waals surface area contributed by atoms with Crippen LogP contribution in [0.15, 0.2) is 54.7 Å². The number of carbonyl (C=O) groups excluding carboxylic acids is 1.